The number of halogens is 3. The zero-order chi connectivity index (χ0) is 15.6. The summed E-state index contributed by atoms with van der Waals surface area (Å²) < 4.78 is 38.8. The van der Waals surface area contributed by atoms with Crippen molar-refractivity contribution in [2.24, 2.45) is 11.7 Å². The van der Waals surface area contributed by atoms with Crippen LogP contribution in [0.25, 0.3) is 0 Å². The summed E-state index contributed by atoms with van der Waals surface area (Å²) in [5.74, 6) is -0.289. The second-order valence-electron chi connectivity index (χ2n) is 5.62. The maximum Gasteiger partial charge on any atom is 0.416 e. The van der Waals surface area contributed by atoms with Gasteiger partial charge in [-0.15, -0.1) is 0 Å². The van der Waals surface area contributed by atoms with Gasteiger partial charge in [-0.3, -0.25) is 4.79 Å². The predicted octanol–water partition coefficient (Wildman–Crippen LogP) is 2.79. The molecule has 1 fully saturated rings. The number of hydrogen-bond acceptors (Lipinski definition) is 2. The summed E-state index contributed by atoms with van der Waals surface area (Å²) in [6, 6.07) is 5.37. The summed E-state index contributed by atoms with van der Waals surface area (Å²) in [6.07, 6.45) is -2.28. The van der Waals surface area contributed by atoms with E-state index in [0.717, 1.165) is 12.5 Å². The molecule has 2 rings (SSSR count). The van der Waals surface area contributed by atoms with Crippen LogP contribution in [0.2, 0.25) is 0 Å². The molecule has 0 unspecified atom stereocenters. The van der Waals surface area contributed by atoms with Gasteiger partial charge in [0.15, 0.2) is 0 Å². The number of hydrogen-bond donors (Lipinski definition) is 1. The van der Waals surface area contributed by atoms with Gasteiger partial charge in [-0.25, -0.2) is 0 Å². The minimum Gasteiger partial charge on any atom is -0.341 e. The Labute approximate surface area is 121 Å². The summed E-state index contributed by atoms with van der Waals surface area (Å²) in [7, 11) is 1.54. The molecule has 1 amide bonds. The number of nitrogens with zero attached hydrogens (tertiary/aromatic N) is 1. The van der Waals surface area contributed by atoms with Gasteiger partial charge in [-0.1, -0.05) is 18.2 Å². The lowest BCUT2D eigenvalue weighted by molar-refractivity contribution is -0.140. The van der Waals surface area contributed by atoms with E-state index < -0.39 is 11.7 Å². The van der Waals surface area contributed by atoms with E-state index >= 15 is 0 Å². The molecule has 0 bridgehead atoms. The first-order valence-corrected chi connectivity index (χ1v) is 6.94. The van der Waals surface area contributed by atoms with Gasteiger partial charge in [-0.2, -0.15) is 13.2 Å². The molecule has 2 N–H and O–H groups in total. The van der Waals surface area contributed by atoms with Crippen molar-refractivity contribution in [2.45, 2.75) is 38.0 Å². The predicted molar refractivity (Wildman–Crippen MR) is 73.2 cm³/mol. The largest absolute Gasteiger partial charge is 0.416 e. The van der Waals surface area contributed by atoms with Crippen molar-refractivity contribution in [1.82, 2.24) is 4.90 Å². The Morgan fingerprint density at radius 2 is 2.00 bits per heavy atom. The number of rotatable bonds is 3. The van der Waals surface area contributed by atoms with E-state index in [9.17, 15) is 18.0 Å². The van der Waals surface area contributed by atoms with Crippen LogP contribution in [0.15, 0.2) is 24.3 Å². The van der Waals surface area contributed by atoms with Crippen LogP contribution in [-0.4, -0.2) is 23.9 Å². The first kappa shape index (κ1) is 15.8. The van der Waals surface area contributed by atoms with Gasteiger partial charge in [0, 0.05) is 25.6 Å². The minimum atomic E-state index is -4.41. The fourth-order valence-electron chi connectivity index (χ4n) is 2.82. The number of alkyl halides is 3. The number of carbonyl (C=O) groups is 1. The quantitative estimate of drug-likeness (QED) is 0.933. The van der Waals surface area contributed by atoms with Crippen molar-refractivity contribution < 1.29 is 18.0 Å². The van der Waals surface area contributed by atoms with Gasteiger partial charge in [0.05, 0.1) is 5.56 Å². The van der Waals surface area contributed by atoms with E-state index in [1.807, 2.05) is 0 Å². The number of nitrogens with two attached hydrogens (primary N) is 1. The Bertz CT molecular complexity index is 516. The van der Waals surface area contributed by atoms with E-state index in [2.05, 4.69) is 0 Å². The maximum atomic E-state index is 12.9. The highest BCUT2D eigenvalue weighted by atomic mass is 19.4. The first-order chi connectivity index (χ1) is 9.79. The molecular weight excluding hydrogens is 281 g/mol. The van der Waals surface area contributed by atoms with Crippen LogP contribution in [0.1, 0.15) is 30.4 Å². The highest BCUT2D eigenvalue weighted by Crippen LogP contribution is 2.33. The standard InChI is InChI=1S/C15H19F3N2O/c1-20(14(21)10-6-7-12(19)8-10)9-11-4-2-3-5-13(11)15(16,17)18/h2-5,10,12H,6-9,19H2,1H3/t10-,12+/m1/s1. The van der Waals surface area contributed by atoms with Gasteiger partial charge in [-0.05, 0) is 30.9 Å². The fraction of sp³-hybridized carbons (Fsp3) is 0.533. The third-order valence-electron chi connectivity index (χ3n) is 3.93. The summed E-state index contributed by atoms with van der Waals surface area (Å²) in [4.78, 5) is 13.6. The average molecular weight is 300 g/mol. The Balaban J connectivity index is 2.09. The molecular formula is C15H19F3N2O. The Hall–Kier alpha value is -1.56. The summed E-state index contributed by atoms with van der Waals surface area (Å²) in [5.41, 5.74) is 5.20. The molecule has 6 heteroatoms. The smallest absolute Gasteiger partial charge is 0.341 e. The third kappa shape index (κ3) is 3.75. The molecule has 1 saturated carbocycles. The van der Waals surface area contributed by atoms with Crippen LogP contribution in [0, 0.1) is 5.92 Å². The average Bonchev–Trinajstić information content (AvgIpc) is 2.84. The lowest BCUT2D eigenvalue weighted by Gasteiger charge is -2.23. The third-order valence-corrected chi connectivity index (χ3v) is 3.93. The first-order valence-electron chi connectivity index (χ1n) is 6.94. The molecule has 21 heavy (non-hydrogen) atoms. The number of carbonyl (C=O) groups excluding carboxylic acids is 1. The summed E-state index contributed by atoms with van der Waals surface area (Å²) >= 11 is 0. The summed E-state index contributed by atoms with van der Waals surface area (Å²) in [6.45, 7) is -0.0414. The van der Waals surface area contributed by atoms with Gasteiger partial charge < -0.3 is 10.6 Å². The molecule has 0 aliphatic heterocycles. The lowest BCUT2D eigenvalue weighted by atomic mass is 10.0. The van der Waals surface area contributed by atoms with Crippen molar-refractivity contribution in [2.75, 3.05) is 7.05 Å². The van der Waals surface area contributed by atoms with Crippen LogP contribution in [0.5, 0.6) is 0 Å². The van der Waals surface area contributed by atoms with Crippen molar-refractivity contribution in [3.05, 3.63) is 35.4 Å². The molecule has 1 aromatic rings. The van der Waals surface area contributed by atoms with Gasteiger partial charge in [0.2, 0.25) is 5.91 Å². The monoisotopic (exact) mass is 300 g/mol. The van der Waals surface area contributed by atoms with Gasteiger partial charge in [0.1, 0.15) is 0 Å². The Kier molecular flexibility index (Phi) is 4.56. The van der Waals surface area contributed by atoms with Gasteiger partial charge >= 0.3 is 6.18 Å². The van der Waals surface area contributed by atoms with Crippen LogP contribution < -0.4 is 5.73 Å². The second kappa shape index (κ2) is 6.05. The van der Waals surface area contributed by atoms with Crippen LogP contribution in [-0.2, 0) is 17.5 Å². The van der Waals surface area contributed by atoms with E-state index in [4.69, 9.17) is 5.73 Å². The molecule has 3 nitrogen and oxygen atoms in total. The van der Waals surface area contributed by atoms with Gasteiger partial charge in [0.25, 0.3) is 0 Å². The Morgan fingerprint density at radius 1 is 1.33 bits per heavy atom. The molecule has 0 heterocycles. The number of amides is 1. The van der Waals surface area contributed by atoms with Crippen molar-refractivity contribution in [1.29, 1.82) is 0 Å². The molecule has 0 aromatic heterocycles. The highest BCUT2D eigenvalue weighted by Gasteiger charge is 2.34. The highest BCUT2D eigenvalue weighted by molar-refractivity contribution is 5.79. The second-order valence-corrected chi connectivity index (χ2v) is 5.62. The van der Waals surface area contributed by atoms with Crippen molar-refractivity contribution in [3.8, 4) is 0 Å². The zero-order valence-electron chi connectivity index (χ0n) is 11.9. The molecule has 0 radical (unpaired) electrons. The van der Waals surface area contributed by atoms with Crippen LogP contribution >= 0.6 is 0 Å². The van der Waals surface area contributed by atoms with E-state index in [0.29, 0.717) is 12.8 Å². The SMILES string of the molecule is CN(Cc1ccccc1C(F)(F)F)C(=O)[C@@H]1CC[C@H](N)C1. The molecule has 0 spiro atoms. The van der Waals surface area contributed by atoms with E-state index in [1.165, 1.54) is 17.0 Å². The fourth-order valence-corrected chi connectivity index (χ4v) is 2.82. The molecule has 1 aliphatic carbocycles. The summed E-state index contributed by atoms with van der Waals surface area (Å²) in [5, 5.41) is 0. The van der Waals surface area contributed by atoms with E-state index in [1.54, 1.807) is 13.1 Å². The molecule has 1 aliphatic rings. The molecule has 0 saturated heterocycles. The maximum absolute atomic E-state index is 12.9. The molecule has 116 valence electrons. The Morgan fingerprint density at radius 3 is 2.57 bits per heavy atom. The lowest BCUT2D eigenvalue weighted by Crippen LogP contribution is -2.32. The van der Waals surface area contributed by atoms with Crippen LogP contribution in [0.3, 0.4) is 0 Å². The van der Waals surface area contributed by atoms with Crippen molar-refractivity contribution in [3.63, 3.8) is 0 Å². The van der Waals surface area contributed by atoms with Crippen LogP contribution in [0.4, 0.5) is 13.2 Å². The normalized spacial score (nSPS) is 22.3. The van der Waals surface area contributed by atoms with E-state index in [-0.39, 0.29) is 30.0 Å². The van der Waals surface area contributed by atoms with Crippen molar-refractivity contribution >= 4 is 5.91 Å². The number of benzene rings is 1. The topological polar surface area (TPSA) is 46.3 Å². The molecule has 2 atom stereocenters. The molecule has 1 aromatic carbocycles. The zero-order valence-corrected chi connectivity index (χ0v) is 11.9. The minimum absolute atomic E-state index is 0.0230.